The molecule has 0 bridgehead atoms. The quantitative estimate of drug-likeness (QED) is 0.835. The summed E-state index contributed by atoms with van der Waals surface area (Å²) >= 11 is 0. The number of nitrogens with two attached hydrogens (primary N) is 1. The molecule has 1 saturated heterocycles. The molecule has 2 aromatic rings. The van der Waals surface area contributed by atoms with Gasteiger partial charge < -0.3 is 20.7 Å². The Kier molecular flexibility index (Phi) is 5.29. The van der Waals surface area contributed by atoms with Gasteiger partial charge in [0.25, 0.3) is 0 Å². The molecule has 29 heavy (non-hydrogen) atoms. The van der Waals surface area contributed by atoms with Crippen LogP contribution < -0.4 is 20.7 Å². The van der Waals surface area contributed by atoms with Crippen molar-refractivity contribution in [1.29, 1.82) is 0 Å². The van der Waals surface area contributed by atoms with E-state index in [4.69, 9.17) is 10.5 Å². The molecular weight excluding hydrogens is 364 g/mol. The first-order valence-corrected chi connectivity index (χ1v) is 9.98. The zero-order valence-corrected chi connectivity index (χ0v) is 17.2. The van der Waals surface area contributed by atoms with Crippen molar-refractivity contribution in [1.82, 2.24) is 4.90 Å². The monoisotopic (exact) mass is 392 g/mol. The fourth-order valence-corrected chi connectivity index (χ4v) is 3.94. The standard InChI is InChI=1S/C22H28N6O/c1-15-11-16(2)13-17(12-15)24-21-25-20(23)26-22(27-9-4-5-10-27)28(21)18-7-6-8-19(14-18)29-3/h6-8,11-14,21,24H,4-5,9-10H2,1-3H3,(H2,23,25). The van der Waals surface area contributed by atoms with E-state index in [0.29, 0.717) is 0 Å². The van der Waals surface area contributed by atoms with E-state index in [-0.39, 0.29) is 5.96 Å². The molecule has 1 atom stereocenters. The van der Waals surface area contributed by atoms with Crippen LogP contribution in [0.15, 0.2) is 52.4 Å². The zero-order chi connectivity index (χ0) is 20.4. The first kappa shape index (κ1) is 19.1. The Morgan fingerprint density at radius 2 is 1.79 bits per heavy atom. The number of nitrogens with one attached hydrogen (secondary N) is 1. The largest absolute Gasteiger partial charge is 0.497 e. The number of guanidine groups is 2. The smallest absolute Gasteiger partial charge is 0.222 e. The van der Waals surface area contributed by atoms with E-state index in [1.807, 2.05) is 24.3 Å². The molecule has 2 aromatic carbocycles. The van der Waals surface area contributed by atoms with Gasteiger partial charge >= 0.3 is 0 Å². The predicted octanol–water partition coefficient (Wildman–Crippen LogP) is 3.29. The van der Waals surface area contributed by atoms with Gasteiger partial charge in [-0.15, -0.1) is 0 Å². The summed E-state index contributed by atoms with van der Waals surface area (Å²) in [6, 6.07) is 14.3. The summed E-state index contributed by atoms with van der Waals surface area (Å²) in [4.78, 5) is 13.6. The summed E-state index contributed by atoms with van der Waals surface area (Å²) in [5.74, 6) is 1.90. The molecule has 4 rings (SSSR count). The highest BCUT2D eigenvalue weighted by molar-refractivity contribution is 6.06. The van der Waals surface area contributed by atoms with E-state index in [1.165, 1.54) is 11.1 Å². The van der Waals surface area contributed by atoms with Crippen LogP contribution in [0.25, 0.3) is 0 Å². The van der Waals surface area contributed by atoms with Crippen molar-refractivity contribution in [2.45, 2.75) is 33.0 Å². The van der Waals surface area contributed by atoms with Crippen LogP contribution in [0.4, 0.5) is 11.4 Å². The van der Waals surface area contributed by atoms with E-state index in [0.717, 1.165) is 49.0 Å². The van der Waals surface area contributed by atoms with Crippen LogP contribution in [-0.2, 0) is 0 Å². The van der Waals surface area contributed by atoms with Crippen molar-refractivity contribution in [3.63, 3.8) is 0 Å². The lowest BCUT2D eigenvalue weighted by Crippen LogP contribution is -2.54. The Morgan fingerprint density at radius 3 is 2.48 bits per heavy atom. The molecule has 1 fully saturated rings. The number of hydrogen-bond donors (Lipinski definition) is 2. The number of hydrogen-bond acceptors (Lipinski definition) is 7. The predicted molar refractivity (Wildman–Crippen MR) is 119 cm³/mol. The van der Waals surface area contributed by atoms with Crippen LogP contribution in [0.2, 0.25) is 0 Å². The number of rotatable bonds is 4. The molecule has 2 aliphatic rings. The third-order valence-electron chi connectivity index (χ3n) is 5.17. The highest BCUT2D eigenvalue weighted by Gasteiger charge is 2.32. The molecule has 2 aliphatic heterocycles. The first-order chi connectivity index (χ1) is 14.0. The van der Waals surface area contributed by atoms with Crippen molar-refractivity contribution >= 4 is 23.3 Å². The second-order valence-electron chi connectivity index (χ2n) is 7.56. The lowest BCUT2D eigenvalue weighted by Gasteiger charge is -2.38. The van der Waals surface area contributed by atoms with Gasteiger partial charge in [0, 0.05) is 24.8 Å². The fraction of sp³-hybridized carbons (Fsp3) is 0.364. The number of nitrogens with zero attached hydrogens (tertiary/aromatic N) is 4. The Labute approximate surface area is 171 Å². The van der Waals surface area contributed by atoms with Crippen molar-refractivity contribution in [2.75, 3.05) is 30.4 Å². The second kappa shape index (κ2) is 8.03. The third-order valence-corrected chi connectivity index (χ3v) is 5.17. The Hall–Kier alpha value is -3.22. The Morgan fingerprint density at radius 1 is 1.07 bits per heavy atom. The van der Waals surface area contributed by atoms with Crippen LogP contribution >= 0.6 is 0 Å². The van der Waals surface area contributed by atoms with Gasteiger partial charge in [0.15, 0.2) is 0 Å². The molecule has 0 saturated carbocycles. The molecule has 152 valence electrons. The van der Waals surface area contributed by atoms with Crippen molar-refractivity contribution in [3.05, 3.63) is 53.6 Å². The molecule has 2 heterocycles. The van der Waals surface area contributed by atoms with Crippen LogP contribution in [0.5, 0.6) is 5.75 Å². The van der Waals surface area contributed by atoms with Crippen LogP contribution in [0.3, 0.4) is 0 Å². The highest BCUT2D eigenvalue weighted by Crippen LogP contribution is 2.28. The maximum Gasteiger partial charge on any atom is 0.222 e. The summed E-state index contributed by atoms with van der Waals surface area (Å²) < 4.78 is 5.45. The summed E-state index contributed by atoms with van der Waals surface area (Å²) in [5, 5.41) is 3.54. The van der Waals surface area contributed by atoms with Crippen LogP contribution in [0.1, 0.15) is 24.0 Å². The molecule has 1 unspecified atom stereocenters. The normalized spacial score (nSPS) is 19.1. The van der Waals surface area contributed by atoms with Gasteiger partial charge in [0.2, 0.25) is 18.2 Å². The van der Waals surface area contributed by atoms with Gasteiger partial charge in [0.1, 0.15) is 5.75 Å². The van der Waals surface area contributed by atoms with E-state index in [9.17, 15) is 0 Å². The minimum Gasteiger partial charge on any atom is -0.497 e. The number of likely N-dealkylation sites (tertiary alicyclic amines) is 1. The lowest BCUT2D eigenvalue weighted by atomic mass is 10.1. The fourth-order valence-electron chi connectivity index (χ4n) is 3.94. The second-order valence-corrected chi connectivity index (χ2v) is 7.56. The maximum atomic E-state index is 6.14. The van der Waals surface area contributed by atoms with E-state index in [1.54, 1.807) is 7.11 Å². The number of aryl methyl sites for hydroxylation is 2. The topological polar surface area (TPSA) is 78.5 Å². The molecule has 7 nitrogen and oxygen atoms in total. The average Bonchev–Trinajstić information content (AvgIpc) is 3.21. The average molecular weight is 393 g/mol. The van der Waals surface area contributed by atoms with Crippen molar-refractivity contribution in [3.8, 4) is 5.75 Å². The van der Waals surface area contributed by atoms with Gasteiger partial charge in [-0.1, -0.05) is 12.1 Å². The molecule has 7 heteroatoms. The highest BCUT2D eigenvalue weighted by atomic mass is 16.5. The first-order valence-electron chi connectivity index (χ1n) is 9.98. The number of benzene rings is 2. The third kappa shape index (κ3) is 4.13. The number of anilines is 2. The van der Waals surface area contributed by atoms with Gasteiger partial charge in [-0.3, -0.25) is 4.90 Å². The van der Waals surface area contributed by atoms with Crippen LogP contribution in [-0.4, -0.2) is 43.3 Å². The summed E-state index contributed by atoms with van der Waals surface area (Å²) in [7, 11) is 1.67. The van der Waals surface area contributed by atoms with Gasteiger partial charge in [0.05, 0.1) is 12.8 Å². The lowest BCUT2D eigenvalue weighted by molar-refractivity contribution is 0.414. The molecule has 0 radical (unpaired) electrons. The maximum absolute atomic E-state index is 6.14. The Bertz CT molecular complexity index is 928. The summed E-state index contributed by atoms with van der Waals surface area (Å²) in [6.07, 6.45) is 1.89. The SMILES string of the molecule is COc1cccc(N2C(N3CCCC3)=NC(N)=NC2Nc2cc(C)cc(C)c2)c1. The van der Waals surface area contributed by atoms with Gasteiger partial charge in [-0.2, -0.15) is 4.99 Å². The minimum atomic E-state index is -0.406. The van der Waals surface area contributed by atoms with E-state index < -0.39 is 6.29 Å². The summed E-state index contributed by atoms with van der Waals surface area (Å²) in [6.45, 7) is 6.10. The van der Waals surface area contributed by atoms with Gasteiger partial charge in [-0.05, 0) is 62.1 Å². The number of methoxy groups -OCH3 is 1. The zero-order valence-electron chi connectivity index (χ0n) is 17.2. The molecule has 0 aromatic heterocycles. The van der Waals surface area contributed by atoms with Gasteiger partial charge in [-0.25, -0.2) is 4.99 Å². The minimum absolute atomic E-state index is 0.285. The Balaban J connectivity index is 1.75. The summed E-state index contributed by atoms with van der Waals surface area (Å²) in [5.41, 5.74) is 10.5. The number of aliphatic imine (C=N–C) groups is 2. The van der Waals surface area contributed by atoms with E-state index in [2.05, 4.69) is 57.1 Å². The molecule has 0 aliphatic carbocycles. The van der Waals surface area contributed by atoms with Crippen LogP contribution in [0, 0.1) is 13.8 Å². The molecule has 0 amide bonds. The van der Waals surface area contributed by atoms with Crippen molar-refractivity contribution in [2.24, 2.45) is 15.7 Å². The van der Waals surface area contributed by atoms with Crippen molar-refractivity contribution < 1.29 is 4.74 Å². The van der Waals surface area contributed by atoms with E-state index >= 15 is 0 Å². The molecule has 3 N–H and O–H groups in total. The molecule has 0 spiro atoms. The number of ether oxygens (including phenoxy) is 1. The molecular formula is C22H28N6O.